The molecule has 1 aliphatic heterocycles. The molecule has 3 aromatic rings. The van der Waals surface area contributed by atoms with Gasteiger partial charge >= 0.3 is 0 Å². The minimum Gasteiger partial charge on any atom is -0.758 e. The van der Waals surface area contributed by atoms with Gasteiger partial charge < -0.3 is 14.8 Å². The van der Waals surface area contributed by atoms with E-state index < -0.39 is 0 Å². The molecule has 0 radical (unpaired) electrons. The van der Waals surface area contributed by atoms with E-state index in [1.54, 1.807) is 7.05 Å². The highest BCUT2D eigenvalue weighted by Crippen LogP contribution is 2.51. The zero-order chi connectivity index (χ0) is 22.5. The van der Waals surface area contributed by atoms with E-state index in [9.17, 15) is 5.21 Å². The van der Waals surface area contributed by atoms with E-state index in [2.05, 4.69) is 78.4 Å². The maximum Gasteiger partial charge on any atom is 0.0504 e. The largest absolute Gasteiger partial charge is 0.758 e. The van der Waals surface area contributed by atoms with Gasteiger partial charge in [-0.2, -0.15) is 0 Å². The average Bonchev–Trinajstić information content (AvgIpc) is 3.33. The molecular weight excluding hydrogens is 424 g/mol. The molecule has 0 fully saturated rings. The van der Waals surface area contributed by atoms with Crippen molar-refractivity contribution in [3.63, 3.8) is 0 Å². The third-order valence-corrected chi connectivity index (χ3v) is 9.30. The molecule has 0 saturated carbocycles. The van der Waals surface area contributed by atoms with E-state index in [1.165, 1.54) is 35.1 Å². The fourth-order valence-corrected chi connectivity index (χ4v) is 7.43. The van der Waals surface area contributed by atoms with Crippen molar-refractivity contribution in [2.75, 3.05) is 12.1 Å². The number of allylic oxidation sites excluding steroid dienone is 4. The molecular formula is C29H31N2OS-. The van der Waals surface area contributed by atoms with Gasteiger partial charge in [0.15, 0.2) is 0 Å². The SMILES string of the molecule is CC1CCC=CCC1n1ccc2cc(-c3ccc4c(c3)C3C=CCCC3S4)c(N(C)[O-])cc21. The van der Waals surface area contributed by atoms with Gasteiger partial charge in [0.2, 0.25) is 0 Å². The molecule has 2 heterocycles. The molecule has 33 heavy (non-hydrogen) atoms. The molecule has 0 bridgehead atoms. The van der Waals surface area contributed by atoms with Gasteiger partial charge in [0.25, 0.3) is 0 Å². The smallest absolute Gasteiger partial charge is 0.0504 e. The number of thioether (sulfide) groups is 1. The summed E-state index contributed by atoms with van der Waals surface area (Å²) in [6.45, 7) is 2.36. The predicted octanol–water partition coefficient (Wildman–Crippen LogP) is 8.07. The molecule has 0 spiro atoms. The topological polar surface area (TPSA) is 31.2 Å². The van der Waals surface area contributed by atoms with Crippen LogP contribution in [0.5, 0.6) is 0 Å². The fourth-order valence-electron chi connectivity index (χ4n) is 5.99. The van der Waals surface area contributed by atoms with Crippen LogP contribution in [0.15, 0.2) is 71.8 Å². The first kappa shape index (κ1) is 21.1. The Morgan fingerprint density at radius 3 is 2.79 bits per heavy atom. The molecule has 0 N–H and O–H groups in total. The number of nitrogens with zero attached hydrogens (tertiary/aromatic N) is 2. The third-order valence-electron chi connectivity index (χ3n) is 7.84. The van der Waals surface area contributed by atoms with Gasteiger partial charge in [-0.3, -0.25) is 0 Å². The molecule has 4 unspecified atom stereocenters. The van der Waals surface area contributed by atoms with E-state index >= 15 is 0 Å². The van der Waals surface area contributed by atoms with Gasteiger partial charge in [0.05, 0.1) is 5.52 Å². The van der Waals surface area contributed by atoms with E-state index in [4.69, 9.17) is 0 Å². The van der Waals surface area contributed by atoms with E-state index in [0.717, 1.165) is 40.2 Å². The Kier molecular flexibility index (Phi) is 5.38. The number of hydrogen-bond donors (Lipinski definition) is 0. The summed E-state index contributed by atoms with van der Waals surface area (Å²) >= 11 is 2.03. The molecule has 3 aliphatic rings. The molecule has 1 aromatic heterocycles. The minimum absolute atomic E-state index is 0.434. The predicted molar refractivity (Wildman–Crippen MR) is 141 cm³/mol. The lowest BCUT2D eigenvalue weighted by Crippen LogP contribution is -2.15. The highest BCUT2D eigenvalue weighted by molar-refractivity contribution is 8.00. The maximum absolute atomic E-state index is 12.8. The standard InChI is InChI=1S/C29H31N2OS/c1-19-8-4-3-5-10-25(19)31-15-14-21-17-23(27(30(2)32)18-26(21)31)20-12-13-29-24(16-20)22-9-6-7-11-28(22)33-29/h3,5-6,9,12-19,22,25,28H,4,7-8,10-11H2,1-2H3/q-1. The van der Waals surface area contributed by atoms with Crippen molar-refractivity contribution in [1.82, 2.24) is 4.57 Å². The third kappa shape index (κ3) is 3.64. The van der Waals surface area contributed by atoms with E-state index in [-0.39, 0.29) is 0 Å². The minimum atomic E-state index is 0.434. The molecule has 6 rings (SSSR count). The van der Waals surface area contributed by atoms with Crippen molar-refractivity contribution in [2.45, 2.75) is 61.1 Å². The van der Waals surface area contributed by atoms with E-state index in [1.807, 2.05) is 11.8 Å². The second-order valence-electron chi connectivity index (χ2n) is 9.92. The molecule has 3 nitrogen and oxygen atoms in total. The zero-order valence-corrected chi connectivity index (χ0v) is 20.2. The van der Waals surface area contributed by atoms with Crippen LogP contribution in [0.25, 0.3) is 22.0 Å². The number of hydroxylamine groups is 1. The summed E-state index contributed by atoms with van der Waals surface area (Å²) in [7, 11) is 1.62. The normalized spacial score (nSPS) is 26.3. The number of hydrogen-bond acceptors (Lipinski definition) is 3. The van der Waals surface area contributed by atoms with Gasteiger partial charge in [0, 0.05) is 44.9 Å². The summed E-state index contributed by atoms with van der Waals surface area (Å²) in [6.07, 6.45) is 17.4. The fraction of sp³-hybridized carbons (Fsp3) is 0.379. The lowest BCUT2D eigenvalue weighted by atomic mass is 9.87. The summed E-state index contributed by atoms with van der Waals surface area (Å²) in [5, 5.41) is 15.7. The quantitative estimate of drug-likeness (QED) is 0.295. The van der Waals surface area contributed by atoms with Crippen LogP contribution >= 0.6 is 11.8 Å². The van der Waals surface area contributed by atoms with Gasteiger partial charge in [-0.15, -0.1) is 11.8 Å². The number of aromatic nitrogens is 1. The number of fused-ring (bicyclic) bond motifs is 4. The summed E-state index contributed by atoms with van der Waals surface area (Å²) < 4.78 is 2.41. The number of rotatable bonds is 3. The molecule has 2 aliphatic carbocycles. The van der Waals surface area contributed by atoms with Crippen molar-refractivity contribution in [3.8, 4) is 11.1 Å². The first-order chi connectivity index (χ1) is 16.1. The van der Waals surface area contributed by atoms with E-state index in [0.29, 0.717) is 23.1 Å². The molecule has 0 saturated heterocycles. The summed E-state index contributed by atoms with van der Waals surface area (Å²) in [6, 6.07) is 13.8. The zero-order valence-electron chi connectivity index (χ0n) is 19.4. The van der Waals surface area contributed by atoms with Crippen molar-refractivity contribution in [2.24, 2.45) is 5.92 Å². The molecule has 2 aromatic carbocycles. The van der Waals surface area contributed by atoms with Gasteiger partial charge in [-0.25, -0.2) is 0 Å². The monoisotopic (exact) mass is 455 g/mol. The molecule has 0 amide bonds. The summed E-state index contributed by atoms with van der Waals surface area (Å²) in [5.41, 5.74) is 5.51. The van der Waals surface area contributed by atoms with Crippen LogP contribution in [-0.4, -0.2) is 16.9 Å². The summed E-state index contributed by atoms with van der Waals surface area (Å²) in [5.74, 6) is 1.11. The van der Waals surface area contributed by atoms with Crippen molar-refractivity contribution in [1.29, 1.82) is 0 Å². The summed E-state index contributed by atoms with van der Waals surface area (Å²) in [4.78, 5) is 1.40. The molecule has 4 atom stereocenters. The highest BCUT2D eigenvalue weighted by atomic mass is 32.2. The first-order valence-corrected chi connectivity index (χ1v) is 13.2. The Morgan fingerprint density at radius 2 is 1.91 bits per heavy atom. The van der Waals surface area contributed by atoms with Gasteiger partial charge in [-0.05, 0) is 86.5 Å². The Bertz CT molecular complexity index is 1250. The van der Waals surface area contributed by atoms with Crippen LogP contribution < -0.4 is 5.06 Å². The Morgan fingerprint density at radius 1 is 1.03 bits per heavy atom. The van der Waals surface area contributed by atoms with Crippen LogP contribution in [0.1, 0.15) is 56.6 Å². The second kappa shape index (κ2) is 8.41. The Balaban J connectivity index is 1.45. The molecule has 170 valence electrons. The second-order valence-corrected chi connectivity index (χ2v) is 11.2. The Hall–Kier alpha value is -2.43. The van der Waals surface area contributed by atoms with Crippen LogP contribution in [-0.2, 0) is 0 Å². The highest BCUT2D eigenvalue weighted by Gasteiger charge is 2.33. The average molecular weight is 456 g/mol. The van der Waals surface area contributed by atoms with Crippen molar-refractivity contribution in [3.05, 3.63) is 77.7 Å². The van der Waals surface area contributed by atoms with Crippen LogP contribution in [0, 0.1) is 11.1 Å². The first-order valence-electron chi connectivity index (χ1n) is 12.3. The van der Waals surface area contributed by atoms with Crippen LogP contribution in [0.4, 0.5) is 5.69 Å². The van der Waals surface area contributed by atoms with Crippen LogP contribution in [0.2, 0.25) is 0 Å². The number of benzene rings is 2. The van der Waals surface area contributed by atoms with Crippen molar-refractivity contribution >= 4 is 28.4 Å². The molecule has 4 heteroatoms. The van der Waals surface area contributed by atoms with Crippen molar-refractivity contribution < 1.29 is 0 Å². The number of anilines is 1. The van der Waals surface area contributed by atoms with Crippen LogP contribution in [0.3, 0.4) is 0 Å². The van der Waals surface area contributed by atoms with Gasteiger partial charge in [-0.1, -0.05) is 37.3 Å². The lowest BCUT2D eigenvalue weighted by Gasteiger charge is -2.29. The lowest BCUT2D eigenvalue weighted by molar-refractivity contribution is 0.353. The van der Waals surface area contributed by atoms with Gasteiger partial charge in [0.1, 0.15) is 0 Å². The maximum atomic E-state index is 12.8. The Labute approximate surface area is 200 Å².